The molecule has 0 radical (unpaired) electrons. The summed E-state index contributed by atoms with van der Waals surface area (Å²) in [5.41, 5.74) is 3.28. The average Bonchev–Trinajstić information content (AvgIpc) is 3.23. The first-order valence-electron chi connectivity index (χ1n) is 8.01. The van der Waals surface area contributed by atoms with E-state index < -0.39 is 0 Å². The van der Waals surface area contributed by atoms with Gasteiger partial charge >= 0.3 is 0 Å². The van der Waals surface area contributed by atoms with E-state index in [4.69, 9.17) is 0 Å². The van der Waals surface area contributed by atoms with E-state index in [0.29, 0.717) is 13.0 Å². The lowest BCUT2D eigenvalue weighted by Gasteiger charge is -2.18. The quantitative estimate of drug-likeness (QED) is 0.741. The Morgan fingerprint density at radius 3 is 2.62 bits per heavy atom. The Morgan fingerprint density at radius 1 is 1.21 bits per heavy atom. The van der Waals surface area contributed by atoms with Crippen molar-refractivity contribution in [2.24, 2.45) is 0 Å². The van der Waals surface area contributed by atoms with Gasteiger partial charge in [-0.25, -0.2) is 0 Å². The Kier molecular flexibility index (Phi) is 5.11. The van der Waals surface area contributed by atoms with Crippen LogP contribution >= 0.6 is 11.3 Å². The van der Waals surface area contributed by atoms with E-state index in [2.05, 4.69) is 47.7 Å². The van der Waals surface area contributed by atoms with Gasteiger partial charge in [0.05, 0.1) is 11.7 Å². The van der Waals surface area contributed by atoms with Gasteiger partial charge in [-0.1, -0.05) is 35.9 Å². The fourth-order valence-corrected chi connectivity index (χ4v) is 3.37. The Bertz CT molecular complexity index is 790. The first-order chi connectivity index (χ1) is 11.6. The number of aromatic nitrogens is 2. The van der Waals surface area contributed by atoms with E-state index in [9.17, 15) is 4.79 Å². The molecule has 1 atom stereocenters. The molecule has 1 amide bonds. The molecule has 24 heavy (non-hydrogen) atoms. The van der Waals surface area contributed by atoms with Crippen LogP contribution in [-0.4, -0.2) is 15.7 Å². The second-order valence-electron chi connectivity index (χ2n) is 5.90. The van der Waals surface area contributed by atoms with Crippen LogP contribution in [0.5, 0.6) is 0 Å². The van der Waals surface area contributed by atoms with Gasteiger partial charge in [0.2, 0.25) is 5.91 Å². The van der Waals surface area contributed by atoms with Crippen molar-refractivity contribution in [2.75, 3.05) is 0 Å². The number of carbonyl (C=O) groups is 1. The summed E-state index contributed by atoms with van der Waals surface area (Å²) in [6, 6.07) is 14.2. The molecule has 0 aliphatic carbocycles. The molecule has 4 nitrogen and oxygen atoms in total. The second-order valence-corrected chi connectivity index (χ2v) is 6.88. The van der Waals surface area contributed by atoms with Crippen molar-refractivity contribution in [1.29, 1.82) is 0 Å². The minimum atomic E-state index is -0.0996. The maximum Gasteiger partial charge on any atom is 0.222 e. The number of nitrogens with one attached hydrogen (secondary N) is 1. The van der Waals surface area contributed by atoms with Crippen LogP contribution in [0.1, 0.15) is 34.2 Å². The highest BCUT2D eigenvalue weighted by Gasteiger charge is 2.17. The van der Waals surface area contributed by atoms with Crippen molar-refractivity contribution in [1.82, 2.24) is 15.1 Å². The fraction of sp³-hybridized carbons (Fsp3) is 0.263. The van der Waals surface area contributed by atoms with E-state index in [0.717, 1.165) is 16.1 Å². The molecule has 1 aromatic carbocycles. The molecule has 1 unspecified atom stereocenters. The molecule has 0 aliphatic heterocycles. The molecule has 1 N–H and O–H groups in total. The van der Waals surface area contributed by atoms with Crippen LogP contribution in [0.25, 0.3) is 0 Å². The number of thiophene rings is 1. The van der Waals surface area contributed by atoms with Gasteiger partial charge in [-0.15, -0.1) is 11.3 Å². The first-order valence-corrected chi connectivity index (χ1v) is 8.89. The number of nitrogens with zero attached hydrogens (tertiary/aromatic N) is 2. The zero-order valence-electron chi connectivity index (χ0n) is 13.9. The molecule has 0 spiro atoms. The molecule has 0 aliphatic rings. The van der Waals surface area contributed by atoms with E-state index in [-0.39, 0.29) is 11.9 Å². The van der Waals surface area contributed by atoms with Gasteiger partial charge in [0.25, 0.3) is 0 Å². The lowest BCUT2D eigenvalue weighted by Crippen LogP contribution is -2.29. The zero-order valence-corrected chi connectivity index (χ0v) is 14.7. The maximum absolute atomic E-state index is 12.4. The number of carbonyl (C=O) groups excluding carboxylic acids is 1. The van der Waals surface area contributed by atoms with E-state index in [1.165, 1.54) is 5.56 Å². The van der Waals surface area contributed by atoms with Crippen molar-refractivity contribution in [2.45, 2.75) is 32.9 Å². The summed E-state index contributed by atoms with van der Waals surface area (Å²) >= 11 is 1.66. The van der Waals surface area contributed by atoms with Gasteiger partial charge in [0.15, 0.2) is 0 Å². The van der Waals surface area contributed by atoms with Crippen LogP contribution < -0.4 is 5.32 Å². The van der Waals surface area contributed by atoms with E-state index >= 15 is 0 Å². The standard InChI is InChI=1S/C19H21N3OS/c1-14-5-7-16(8-6-14)19(17-4-3-13-24-17)20-18(23)10-12-22-11-9-15(2)21-22/h3-9,11,13,19H,10,12H2,1-2H3,(H,20,23). The predicted octanol–water partition coefficient (Wildman–Crippen LogP) is 3.86. The Balaban J connectivity index is 1.69. The Labute approximate surface area is 146 Å². The number of hydrogen-bond acceptors (Lipinski definition) is 3. The normalized spacial score (nSPS) is 12.1. The highest BCUT2D eigenvalue weighted by atomic mass is 32.1. The van der Waals surface area contributed by atoms with Gasteiger partial charge in [-0.3, -0.25) is 9.48 Å². The van der Waals surface area contributed by atoms with Crippen molar-refractivity contribution >= 4 is 17.2 Å². The second kappa shape index (κ2) is 7.45. The zero-order chi connectivity index (χ0) is 16.9. The van der Waals surface area contributed by atoms with Crippen molar-refractivity contribution in [3.05, 3.63) is 75.7 Å². The van der Waals surface area contributed by atoms with Gasteiger partial charge < -0.3 is 5.32 Å². The minimum absolute atomic E-state index is 0.0297. The maximum atomic E-state index is 12.4. The average molecular weight is 339 g/mol. The number of aryl methyl sites for hydroxylation is 3. The van der Waals surface area contributed by atoms with Crippen LogP contribution in [0.2, 0.25) is 0 Å². The highest BCUT2D eigenvalue weighted by Crippen LogP contribution is 2.26. The molecule has 2 aromatic heterocycles. The third-order valence-electron chi connectivity index (χ3n) is 3.89. The molecule has 0 bridgehead atoms. The van der Waals surface area contributed by atoms with Gasteiger partial charge in [0, 0.05) is 24.0 Å². The van der Waals surface area contributed by atoms with Gasteiger partial charge in [-0.05, 0) is 36.9 Å². The van der Waals surface area contributed by atoms with Crippen LogP contribution in [0.15, 0.2) is 54.0 Å². The molecule has 0 saturated heterocycles. The van der Waals surface area contributed by atoms with Gasteiger partial charge in [-0.2, -0.15) is 5.10 Å². The van der Waals surface area contributed by atoms with Crippen LogP contribution in [0.3, 0.4) is 0 Å². The molecule has 5 heteroatoms. The SMILES string of the molecule is Cc1ccc(C(NC(=O)CCn2ccc(C)n2)c2cccs2)cc1. The van der Waals surface area contributed by atoms with Gasteiger partial charge in [0.1, 0.15) is 0 Å². The molecule has 124 valence electrons. The number of hydrogen-bond donors (Lipinski definition) is 1. The third kappa shape index (κ3) is 4.11. The summed E-state index contributed by atoms with van der Waals surface area (Å²) in [5, 5.41) is 9.52. The predicted molar refractivity (Wildman–Crippen MR) is 97.1 cm³/mol. The smallest absolute Gasteiger partial charge is 0.222 e. The van der Waals surface area contributed by atoms with E-state index in [1.807, 2.05) is 30.6 Å². The summed E-state index contributed by atoms with van der Waals surface area (Å²) in [7, 11) is 0. The van der Waals surface area contributed by atoms with Crippen LogP contribution in [-0.2, 0) is 11.3 Å². The number of rotatable bonds is 6. The topological polar surface area (TPSA) is 46.9 Å². The highest BCUT2D eigenvalue weighted by molar-refractivity contribution is 7.10. The van der Waals surface area contributed by atoms with Crippen LogP contribution in [0, 0.1) is 13.8 Å². The summed E-state index contributed by atoms with van der Waals surface area (Å²) in [6.45, 7) is 4.60. The third-order valence-corrected chi connectivity index (χ3v) is 4.82. The molecule has 0 saturated carbocycles. The lowest BCUT2D eigenvalue weighted by atomic mass is 10.0. The largest absolute Gasteiger partial charge is 0.344 e. The fourth-order valence-electron chi connectivity index (χ4n) is 2.57. The number of benzene rings is 1. The summed E-state index contributed by atoms with van der Waals surface area (Å²) in [5.74, 6) is 0.0297. The summed E-state index contributed by atoms with van der Waals surface area (Å²) in [4.78, 5) is 13.6. The molecule has 3 rings (SSSR count). The number of amides is 1. The van der Waals surface area contributed by atoms with Crippen molar-refractivity contribution in [3.63, 3.8) is 0 Å². The first kappa shape index (κ1) is 16.5. The summed E-state index contributed by atoms with van der Waals surface area (Å²) < 4.78 is 1.81. The Morgan fingerprint density at radius 2 is 2.00 bits per heavy atom. The van der Waals surface area contributed by atoms with E-state index in [1.54, 1.807) is 16.0 Å². The molecule has 3 aromatic rings. The monoisotopic (exact) mass is 339 g/mol. The van der Waals surface area contributed by atoms with Crippen molar-refractivity contribution in [3.8, 4) is 0 Å². The van der Waals surface area contributed by atoms with Crippen LogP contribution in [0.4, 0.5) is 0 Å². The minimum Gasteiger partial charge on any atom is -0.344 e. The molecule has 2 heterocycles. The van der Waals surface area contributed by atoms with Crippen molar-refractivity contribution < 1.29 is 4.79 Å². The summed E-state index contributed by atoms with van der Waals surface area (Å²) in [6.07, 6.45) is 2.31. The molecular formula is C19H21N3OS. The molecule has 0 fully saturated rings. The molecular weight excluding hydrogens is 318 g/mol. The lowest BCUT2D eigenvalue weighted by molar-refractivity contribution is -0.121. The Hall–Kier alpha value is -2.40.